The van der Waals surface area contributed by atoms with Gasteiger partial charge in [0, 0.05) is 0 Å². The van der Waals surface area contributed by atoms with Gasteiger partial charge in [0.25, 0.3) is 5.91 Å². The number of hydrogen-bond donors (Lipinski definition) is 2. The average Bonchev–Trinajstić information content (AvgIpc) is 3.50. The smallest absolute Gasteiger partial charge is 0.323 e. The normalized spacial score (nSPS) is 19.4. The zero-order valence-electron chi connectivity index (χ0n) is 17.5. The van der Waals surface area contributed by atoms with Crippen molar-refractivity contribution in [2.24, 2.45) is 0 Å². The van der Waals surface area contributed by atoms with Crippen molar-refractivity contribution in [1.82, 2.24) is 25.0 Å². The molecular weight excluding hydrogens is 453 g/mol. The Balaban J connectivity index is 1.40. The van der Waals surface area contributed by atoms with Crippen LogP contribution < -0.4 is 10.6 Å². The van der Waals surface area contributed by atoms with E-state index in [1.165, 1.54) is 17.3 Å². The molecule has 1 atom stereocenters. The highest BCUT2D eigenvalue weighted by atomic mass is 19.4. The summed E-state index contributed by atoms with van der Waals surface area (Å²) in [6, 6.07) is 9.26. The van der Waals surface area contributed by atoms with E-state index in [-0.39, 0.29) is 11.4 Å². The molecule has 2 aliphatic rings. The monoisotopic (exact) mass is 470 g/mol. The van der Waals surface area contributed by atoms with E-state index in [0.29, 0.717) is 18.4 Å². The molecule has 2 N–H and O–H groups in total. The van der Waals surface area contributed by atoms with Gasteiger partial charge in [0.1, 0.15) is 24.7 Å². The van der Waals surface area contributed by atoms with Crippen molar-refractivity contribution >= 4 is 23.5 Å². The van der Waals surface area contributed by atoms with Gasteiger partial charge in [-0.25, -0.2) is 14.5 Å². The van der Waals surface area contributed by atoms with Gasteiger partial charge in [0.2, 0.25) is 5.91 Å². The summed E-state index contributed by atoms with van der Waals surface area (Å²) in [7, 11) is 0. The lowest BCUT2D eigenvalue weighted by Crippen LogP contribution is -2.43. The Hall–Kier alpha value is -4.22. The van der Waals surface area contributed by atoms with Gasteiger partial charge < -0.3 is 10.6 Å². The number of benzene rings is 2. The van der Waals surface area contributed by atoms with Gasteiger partial charge in [-0.15, -0.1) is 0 Å². The van der Waals surface area contributed by atoms with E-state index in [1.807, 2.05) is 12.1 Å². The van der Waals surface area contributed by atoms with Crippen molar-refractivity contribution in [1.29, 1.82) is 0 Å². The number of anilines is 1. The van der Waals surface area contributed by atoms with E-state index in [9.17, 15) is 27.6 Å². The number of rotatable bonds is 4. The number of urea groups is 1. The van der Waals surface area contributed by atoms with Crippen molar-refractivity contribution in [2.45, 2.75) is 24.6 Å². The zero-order chi connectivity index (χ0) is 24.1. The molecule has 0 saturated carbocycles. The van der Waals surface area contributed by atoms with Crippen molar-refractivity contribution < 1.29 is 27.6 Å². The maximum Gasteiger partial charge on any atom is 0.416 e. The Labute approximate surface area is 190 Å². The van der Waals surface area contributed by atoms with Crippen LogP contribution in [0.15, 0.2) is 55.1 Å². The van der Waals surface area contributed by atoms with Crippen LogP contribution in [0.2, 0.25) is 0 Å². The fourth-order valence-corrected chi connectivity index (χ4v) is 4.41. The highest BCUT2D eigenvalue weighted by Gasteiger charge is 2.55. The molecule has 34 heavy (non-hydrogen) atoms. The number of aromatic nitrogens is 3. The number of aryl methyl sites for hydroxylation is 1. The summed E-state index contributed by atoms with van der Waals surface area (Å²) in [5.41, 5.74) is -0.666. The molecule has 0 bridgehead atoms. The van der Waals surface area contributed by atoms with Gasteiger partial charge in [-0.2, -0.15) is 18.3 Å². The molecule has 5 rings (SSSR count). The lowest BCUT2D eigenvalue weighted by Gasteiger charge is -2.22. The van der Waals surface area contributed by atoms with Crippen LogP contribution in [0.3, 0.4) is 0 Å². The first-order chi connectivity index (χ1) is 16.2. The number of imide groups is 1. The second-order valence-electron chi connectivity index (χ2n) is 8.00. The average molecular weight is 470 g/mol. The maximum atomic E-state index is 13.2. The van der Waals surface area contributed by atoms with Crippen LogP contribution in [0, 0.1) is 0 Å². The number of carbonyl (C=O) groups excluding carboxylic acids is 3. The van der Waals surface area contributed by atoms with E-state index in [2.05, 4.69) is 20.7 Å². The molecule has 12 heteroatoms. The second-order valence-corrected chi connectivity index (χ2v) is 8.00. The van der Waals surface area contributed by atoms with Crippen LogP contribution in [-0.2, 0) is 27.7 Å². The minimum atomic E-state index is -4.65. The van der Waals surface area contributed by atoms with Gasteiger partial charge in [-0.05, 0) is 42.2 Å². The van der Waals surface area contributed by atoms with Crippen LogP contribution in [-0.4, -0.2) is 44.1 Å². The standard InChI is InChI=1S/C22H17F3N6O3/c23-22(24,25)14-5-6-17(31-12-26-11-27-31)16(9-14)28-18(32)10-30-19(33)21(29-20(30)34)8-7-13-3-1-2-4-15(13)21/h1-6,9,11-12H,7-8,10H2,(H,28,32)(H,29,34)/t21-/m0/s1. The molecule has 9 nitrogen and oxygen atoms in total. The summed E-state index contributed by atoms with van der Waals surface area (Å²) in [6.45, 7) is -0.665. The van der Waals surface area contributed by atoms with Crippen LogP contribution in [0.4, 0.5) is 23.7 Å². The molecule has 174 valence electrons. The quantitative estimate of drug-likeness (QED) is 0.570. The molecule has 0 radical (unpaired) electrons. The maximum absolute atomic E-state index is 13.2. The highest BCUT2D eigenvalue weighted by molar-refractivity contribution is 6.11. The summed E-state index contributed by atoms with van der Waals surface area (Å²) >= 11 is 0. The van der Waals surface area contributed by atoms with Gasteiger partial charge in [-0.1, -0.05) is 24.3 Å². The number of nitrogens with one attached hydrogen (secondary N) is 2. The van der Waals surface area contributed by atoms with Crippen LogP contribution in [0.5, 0.6) is 0 Å². The minimum Gasteiger partial charge on any atom is -0.323 e. The summed E-state index contributed by atoms with van der Waals surface area (Å²) in [5.74, 6) is -1.41. The molecule has 0 unspecified atom stereocenters. The number of nitrogens with zero attached hydrogens (tertiary/aromatic N) is 4. The largest absolute Gasteiger partial charge is 0.416 e. The van der Waals surface area contributed by atoms with Crippen molar-refractivity contribution in [2.75, 3.05) is 11.9 Å². The van der Waals surface area contributed by atoms with Gasteiger partial charge >= 0.3 is 12.2 Å². The third-order valence-corrected chi connectivity index (χ3v) is 5.99. The Kier molecular flexibility index (Phi) is 4.88. The van der Waals surface area contributed by atoms with E-state index in [4.69, 9.17) is 0 Å². The number of amides is 4. The molecule has 4 amide bonds. The molecular formula is C22H17F3N6O3. The summed E-state index contributed by atoms with van der Waals surface area (Å²) < 4.78 is 40.9. The van der Waals surface area contributed by atoms with Crippen LogP contribution in [0.25, 0.3) is 5.69 Å². The Morgan fingerprint density at radius 2 is 1.97 bits per heavy atom. The first kappa shape index (κ1) is 21.6. The second kappa shape index (κ2) is 7.68. The molecule has 1 spiro atoms. The zero-order valence-corrected chi connectivity index (χ0v) is 17.5. The van der Waals surface area contributed by atoms with Gasteiger partial charge in [0.05, 0.1) is 16.9 Å². The summed E-state index contributed by atoms with van der Waals surface area (Å²) in [4.78, 5) is 43.2. The van der Waals surface area contributed by atoms with Crippen LogP contribution >= 0.6 is 0 Å². The Morgan fingerprint density at radius 3 is 2.71 bits per heavy atom. The van der Waals surface area contributed by atoms with E-state index in [1.54, 1.807) is 12.1 Å². The third kappa shape index (κ3) is 3.47. The molecule has 2 aromatic carbocycles. The number of halogens is 3. The van der Waals surface area contributed by atoms with Crippen LogP contribution in [0.1, 0.15) is 23.1 Å². The highest BCUT2D eigenvalue weighted by Crippen LogP contribution is 2.41. The van der Waals surface area contributed by atoms with Gasteiger partial charge in [0.15, 0.2) is 0 Å². The van der Waals surface area contributed by atoms with Crippen molar-refractivity contribution in [3.63, 3.8) is 0 Å². The van der Waals surface area contributed by atoms with Crippen molar-refractivity contribution in [3.8, 4) is 5.69 Å². The summed E-state index contributed by atoms with van der Waals surface area (Å²) in [6.07, 6.45) is -1.24. The number of alkyl halides is 3. The molecule has 1 aromatic heterocycles. The number of hydrogen-bond acceptors (Lipinski definition) is 5. The molecule has 2 heterocycles. The summed E-state index contributed by atoms with van der Waals surface area (Å²) in [5, 5.41) is 8.97. The van der Waals surface area contributed by atoms with E-state index >= 15 is 0 Å². The Bertz CT molecular complexity index is 1310. The van der Waals surface area contributed by atoms with Gasteiger partial charge in [-0.3, -0.25) is 14.5 Å². The van der Waals surface area contributed by atoms with E-state index in [0.717, 1.165) is 28.7 Å². The molecule has 1 aliphatic heterocycles. The topological polar surface area (TPSA) is 109 Å². The lowest BCUT2D eigenvalue weighted by molar-refractivity contribution is -0.137. The molecule has 1 saturated heterocycles. The number of fused-ring (bicyclic) bond motifs is 2. The minimum absolute atomic E-state index is 0.136. The van der Waals surface area contributed by atoms with E-state index < -0.39 is 41.7 Å². The molecule has 1 fully saturated rings. The fourth-order valence-electron chi connectivity index (χ4n) is 4.41. The fraction of sp³-hybridized carbons (Fsp3) is 0.227. The third-order valence-electron chi connectivity index (χ3n) is 5.99. The SMILES string of the molecule is O=C(CN1C(=O)N[C@]2(CCc3ccccc32)C1=O)Nc1cc(C(F)(F)F)ccc1-n1cncn1. The van der Waals surface area contributed by atoms with Crippen molar-refractivity contribution in [3.05, 3.63) is 71.8 Å². The first-order valence-corrected chi connectivity index (χ1v) is 10.3. The number of carbonyl (C=O) groups is 3. The molecule has 3 aromatic rings. The predicted octanol–water partition coefficient (Wildman–Crippen LogP) is 2.62. The predicted molar refractivity (Wildman–Crippen MR) is 112 cm³/mol. The Morgan fingerprint density at radius 1 is 1.18 bits per heavy atom. The lowest BCUT2D eigenvalue weighted by atomic mass is 9.92. The first-order valence-electron chi connectivity index (χ1n) is 10.3. The molecule has 1 aliphatic carbocycles.